The summed E-state index contributed by atoms with van der Waals surface area (Å²) in [5, 5.41) is 10.3. The van der Waals surface area contributed by atoms with E-state index in [0.717, 1.165) is 0 Å². The highest BCUT2D eigenvalue weighted by Crippen LogP contribution is 2.34. The number of aromatic amines is 1. The zero-order chi connectivity index (χ0) is 15.8. The maximum absolute atomic E-state index is 12.1. The average molecular weight is 308 g/mol. The molecular formula is C17H12N2O4. The molecule has 4 rings (SSSR count). The van der Waals surface area contributed by atoms with Gasteiger partial charge in [-0.1, -0.05) is 12.1 Å². The van der Waals surface area contributed by atoms with E-state index in [-0.39, 0.29) is 23.8 Å². The molecule has 23 heavy (non-hydrogen) atoms. The summed E-state index contributed by atoms with van der Waals surface area (Å²) in [6, 6.07) is 12.3. The van der Waals surface area contributed by atoms with Crippen LogP contribution in [-0.4, -0.2) is 21.9 Å². The number of rotatable bonds is 2. The molecule has 0 radical (unpaired) electrons. The molecule has 0 fully saturated rings. The van der Waals surface area contributed by atoms with Gasteiger partial charge in [0.15, 0.2) is 11.5 Å². The van der Waals surface area contributed by atoms with Crippen LogP contribution < -0.4 is 15.0 Å². The fourth-order valence-corrected chi connectivity index (χ4v) is 2.41. The minimum Gasteiger partial charge on any atom is -0.507 e. The molecule has 6 nitrogen and oxygen atoms in total. The maximum Gasteiger partial charge on any atom is 0.274 e. The molecule has 0 unspecified atom stereocenters. The lowest BCUT2D eigenvalue weighted by atomic mass is 10.1. The largest absolute Gasteiger partial charge is 0.507 e. The van der Waals surface area contributed by atoms with Crippen molar-refractivity contribution >= 4 is 22.9 Å². The summed E-state index contributed by atoms with van der Waals surface area (Å²) in [5.41, 5.74) is 1.59. The monoisotopic (exact) mass is 308 g/mol. The third-order valence-corrected chi connectivity index (χ3v) is 3.57. The number of nitrogens with one attached hydrogen (secondary N) is 1. The number of ether oxygens (including phenoxy) is 2. The number of aliphatic hydroxyl groups is 1. The number of fused-ring (bicyclic) bond motifs is 2. The fourth-order valence-electron chi connectivity index (χ4n) is 2.41. The van der Waals surface area contributed by atoms with Gasteiger partial charge in [-0.15, -0.1) is 0 Å². The first-order valence-corrected chi connectivity index (χ1v) is 7.00. The van der Waals surface area contributed by atoms with Gasteiger partial charge in [-0.3, -0.25) is 4.79 Å². The minimum absolute atomic E-state index is 0.0726. The second-order valence-corrected chi connectivity index (χ2v) is 5.07. The van der Waals surface area contributed by atoms with E-state index in [1.807, 2.05) is 12.1 Å². The predicted molar refractivity (Wildman–Crippen MR) is 85.4 cm³/mol. The van der Waals surface area contributed by atoms with Crippen molar-refractivity contribution in [3.8, 4) is 11.5 Å². The Balaban J connectivity index is 1.77. The number of hydrogen-bond donors (Lipinski definition) is 2. The van der Waals surface area contributed by atoms with E-state index in [4.69, 9.17) is 9.47 Å². The minimum atomic E-state index is -0.365. The molecule has 0 saturated heterocycles. The molecule has 0 atom stereocenters. The zero-order valence-corrected chi connectivity index (χ0v) is 11.9. The van der Waals surface area contributed by atoms with Crippen LogP contribution in [-0.2, 0) is 0 Å². The Bertz CT molecular complexity index is 991. The highest BCUT2D eigenvalue weighted by molar-refractivity contribution is 5.79. The third kappa shape index (κ3) is 2.40. The molecule has 1 aromatic heterocycles. The Labute approximate surface area is 130 Å². The lowest BCUT2D eigenvalue weighted by Crippen LogP contribution is -2.12. The number of nitrogens with zero attached hydrogens (tertiary/aromatic N) is 1. The van der Waals surface area contributed by atoms with E-state index in [1.54, 1.807) is 30.3 Å². The Morgan fingerprint density at radius 3 is 2.91 bits per heavy atom. The Morgan fingerprint density at radius 2 is 2.00 bits per heavy atom. The average Bonchev–Trinajstić information content (AvgIpc) is 3.03. The predicted octanol–water partition coefficient (Wildman–Crippen LogP) is 2.71. The molecule has 3 aromatic rings. The first-order chi connectivity index (χ1) is 11.2. The highest BCUT2D eigenvalue weighted by Gasteiger charge is 2.15. The molecular weight excluding hydrogens is 296 g/mol. The van der Waals surface area contributed by atoms with Crippen molar-refractivity contribution in [2.24, 2.45) is 0 Å². The lowest BCUT2D eigenvalue weighted by Gasteiger charge is -2.03. The standard InChI is InChI=1S/C17H12N2O4/c20-14(10-5-6-15-16(7-10)23-9-22-15)8-13-17(21)19-12-4-2-1-3-11(12)18-13/h1-8,20H,9H2,(H,19,21)/b14-8-. The first kappa shape index (κ1) is 13.4. The molecule has 1 aliphatic heterocycles. The SMILES string of the molecule is O=c1[nH]c2ccccc2nc1/C=C(\O)c1ccc2c(c1)OCO2. The van der Waals surface area contributed by atoms with Gasteiger partial charge >= 0.3 is 0 Å². The summed E-state index contributed by atoms with van der Waals surface area (Å²) >= 11 is 0. The molecule has 6 heteroatoms. The van der Waals surface area contributed by atoms with Crippen LogP contribution >= 0.6 is 0 Å². The van der Waals surface area contributed by atoms with Crippen molar-refractivity contribution in [2.45, 2.75) is 0 Å². The van der Waals surface area contributed by atoms with Gasteiger partial charge in [-0.05, 0) is 30.3 Å². The van der Waals surface area contributed by atoms with Crippen molar-refractivity contribution in [1.29, 1.82) is 0 Å². The van der Waals surface area contributed by atoms with Crippen molar-refractivity contribution in [3.63, 3.8) is 0 Å². The van der Waals surface area contributed by atoms with E-state index in [0.29, 0.717) is 28.1 Å². The normalized spacial score (nSPS) is 13.5. The summed E-state index contributed by atoms with van der Waals surface area (Å²) < 4.78 is 10.5. The third-order valence-electron chi connectivity index (χ3n) is 3.57. The van der Waals surface area contributed by atoms with Gasteiger partial charge in [0, 0.05) is 11.6 Å². The van der Waals surface area contributed by atoms with Crippen molar-refractivity contribution in [3.05, 3.63) is 64.1 Å². The van der Waals surface area contributed by atoms with Crippen molar-refractivity contribution in [1.82, 2.24) is 9.97 Å². The molecule has 0 bridgehead atoms. The molecule has 0 amide bonds. The van der Waals surface area contributed by atoms with Gasteiger partial charge in [-0.2, -0.15) is 0 Å². The summed E-state index contributed by atoms with van der Waals surface area (Å²) in [7, 11) is 0. The van der Waals surface area contributed by atoms with Crippen LogP contribution in [0.25, 0.3) is 22.9 Å². The van der Waals surface area contributed by atoms with Gasteiger partial charge in [0.05, 0.1) is 11.0 Å². The number of para-hydroxylation sites is 2. The van der Waals surface area contributed by atoms with Crippen LogP contribution in [0.2, 0.25) is 0 Å². The zero-order valence-electron chi connectivity index (χ0n) is 11.9. The van der Waals surface area contributed by atoms with E-state index < -0.39 is 0 Å². The number of aromatic nitrogens is 2. The fraction of sp³-hybridized carbons (Fsp3) is 0.0588. The molecule has 1 aliphatic rings. The van der Waals surface area contributed by atoms with Crippen LogP contribution in [0, 0.1) is 0 Å². The molecule has 2 aromatic carbocycles. The molecule has 2 heterocycles. The van der Waals surface area contributed by atoms with Crippen molar-refractivity contribution in [2.75, 3.05) is 6.79 Å². The second kappa shape index (κ2) is 5.17. The first-order valence-electron chi connectivity index (χ1n) is 7.00. The van der Waals surface area contributed by atoms with Gasteiger partial charge in [0.1, 0.15) is 11.5 Å². The molecule has 114 valence electrons. The molecule has 0 spiro atoms. The van der Waals surface area contributed by atoms with E-state index in [2.05, 4.69) is 9.97 Å². The Hall–Kier alpha value is -3.28. The van der Waals surface area contributed by atoms with Crippen LogP contribution in [0.15, 0.2) is 47.3 Å². The van der Waals surface area contributed by atoms with Crippen LogP contribution in [0.1, 0.15) is 11.3 Å². The maximum atomic E-state index is 12.1. The number of aliphatic hydroxyl groups excluding tert-OH is 1. The molecule has 0 saturated carbocycles. The highest BCUT2D eigenvalue weighted by atomic mass is 16.7. The van der Waals surface area contributed by atoms with Gasteiger partial charge in [0.2, 0.25) is 6.79 Å². The Morgan fingerprint density at radius 1 is 1.17 bits per heavy atom. The van der Waals surface area contributed by atoms with E-state index in [1.165, 1.54) is 6.08 Å². The van der Waals surface area contributed by atoms with E-state index in [9.17, 15) is 9.90 Å². The van der Waals surface area contributed by atoms with E-state index >= 15 is 0 Å². The number of H-pyrrole nitrogens is 1. The van der Waals surface area contributed by atoms with Crippen LogP contribution in [0.3, 0.4) is 0 Å². The molecule has 2 N–H and O–H groups in total. The Kier molecular flexibility index (Phi) is 3.01. The quantitative estimate of drug-likeness (QED) is 0.711. The smallest absolute Gasteiger partial charge is 0.274 e. The summed E-state index contributed by atoms with van der Waals surface area (Å²) in [4.78, 5) is 19.1. The number of hydrogen-bond acceptors (Lipinski definition) is 5. The molecule has 0 aliphatic carbocycles. The van der Waals surface area contributed by atoms with Gasteiger partial charge in [-0.25, -0.2) is 4.98 Å². The topological polar surface area (TPSA) is 84.4 Å². The van der Waals surface area contributed by atoms with Crippen LogP contribution in [0.5, 0.6) is 11.5 Å². The van der Waals surface area contributed by atoms with Crippen LogP contribution in [0.4, 0.5) is 0 Å². The summed E-state index contributed by atoms with van der Waals surface area (Å²) in [6.45, 7) is 0.162. The lowest BCUT2D eigenvalue weighted by molar-refractivity contribution is 0.174. The summed E-state index contributed by atoms with van der Waals surface area (Å²) in [5.74, 6) is 1.11. The second-order valence-electron chi connectivity index (χ2n) is 5.07. The summed E-state index contributed by atoms with van der Waals surface area (Å²) in [6.07, 6.45) is 1.34. The van der Waals surface area contributed by atoms with Gasteiger partial charge < -0.3 is 19.6 Å². The number of benzene rings is 2. The van der Waals surface area contributed by atoms with Gasteiger partial charge in [0.25, 0.3) is 5.56 Å². The van der Waals surface area contributed by atoms with Crippen molar-refractivity contribution < 1.29 is 14.6 Å².